The van der Waals surface area contributed by atoms with Crippen LogP contribution in [-0.4, -0.2) is 50.0 Å². The lowest BCUT2D eigenvalue weighted by atomic mass is 9.94. The Balaban J connectivity index is 2.23. The standard InChI is InChI=1S/C11H13NO7/c13-7-8(14)10(19-11(16)9(7)15)5-1-3-6(4-2-5)12(17)18/h1-4,7-11,13-16H/t7-,8+,9+,10+,11?/m0/s1. The zero-order chi connectivity index (χ0) is 14.2. The van der Waals surface area contributed by atoms with Crippen molar-refractivity contribution in [1.29, 1.82) is 0 Å². The largest absolute Gasteiger partial charge is 0.387 e. The van der Waals surface area contributed by atoms with E-state index in [0.29, 0.717) is 5.56 Å². The van der Waals surface area contributed by atoms with Crippen LogP contribution in [0.4, 0.5) is 5.69 Å². The van der Waals surface area contributed by atoms with Gasteiger partial charge in [-0.3, -0.25) is 10.1 Å². The Labute approximate surface area is 107 Å². The van der Waals surface area contributed by atoms with Crippen molar-refractivity contribution in [2.45, 2.75) is 30.7 Å². The van der Waals surface area contributed by atoms with Crippen molar-refractivity contribution >= 4 is 5.69 Å². The molecule has 1 aliphatic heterocycles. The minimum absolute atomic E-state index is 0.129. The molecule has 0 spiro atoms. The van der Waals surface area contributed by atoms with E-state index in [4.69, 9.17) is 4.74 Å². The molecule has 104 valence electrons. The summed E-state index contributed by atoms with van der Waals surface area (Å²) in [5.41, 5.74) is 0.221. The van der Waals surface area contributed by atoms with E-state index < -0.39 is 35.6 Å². The number of aliphatic hydroxyl groups excluding tert-OH is 4. The number of hydrogen-bond donors (Lipinski definition) is 4. The van der Waals surface area contributed by atoms with Gasteiger partial charge in [0.05, 0.1) is 4.92 Å². The smallest absolute Gasteiger partial charge is 0.269 e. The van der Waals surface area contributed by atoms with Gasteiger partial charge in [0, 0.05) is 12.1 Å². The Morgan fingerprint density at radius 3 is 2.11 bits per heavy atom. The molecule has 0 bridgehead atoms. The third kappa shape index (κ3) is 2.57. The first-order valence-corrected chi connectivity index (χ1v) is 5.54. The van der Waals surface area contributed by atoms with E-state index in [-0.39, 0.29) is 5.69 Å². The van der Waals surface area contributed by atoms with Crippen molar-refractivity contribution in [1.82, 2.24) is 0 Å². The molecule has 1 aliphatic rings. The van der Waals surface area contributed by atoms with Crippen LogP contribution in [0.2, 0.25) is 0 Å². The number of hydrogen-bond acceptors (Lipinski definition) is 7. The Hall–Kier alpha value is -1.58. The molecule has 1 unspecified atom stereocenters. The topological polar surface area (TPSA) is 133 Å². The number of nitrogens with zero attached hydrogens (tertiary/aromatic N) is 1. The van der Waals surface area contributed by atoms with Gasteiger partial charge in [-0.25, -0.2) is 0 Å². The summed E-state index contributed by atoms with van der Waals surface area (Å²) < 4.78 is 4.99. The van der Waals surface area contributed by atoms with Crippen LogP contribution in [0.25, 0.3) is 0 Å². The first kappa shape index (κ1) is 13.8. The van der Waals surface area contributed by atoms with Gasteiger partial charge in [0.15, 0.2) is 6.29 Å². The van der Waals surface area contributed by atoms with Gasteiger partial charge in [-0.05, 0) is 17.7 Å². The number of non-ortho nitro benzene ring substituents is 1. The van der Waals surface area contributed by atoms with Gasteiger partial charge < -0.3 is 25.2 Å². The van der Waals surface area contributed by atoms with E-state index in [1.807, 2.05) is 0 Å². The molecule has 1 saturated heterocycles. The monoisotopic (exact) mass is 271 g/mol. The van der Waals surface area contributed by atoms with Gasteiger partial charge in [0.1, 0.15) is 24.4 Å². The highest BCUT2D eigenvalue weighted by Gasteiger charge is 2.43. The highest BCUT2D eigenvalue weighted by atomic mass is 16.6. The number of ether oxygens (including phenoxy) is 1. The number of benzene rings is 1. The van der Waals surface area contributed by atoms with Crippen LogP contribution in [-0.2, 0) is 4.74 Å². The lowest BCUT2D eigenvalue weighted by Gasteiger charge is -2.38. The molecule has 2 rings (SSSR count). The molecule has 1 aromatic rings. The van der Waals surface area contributed by atoms with E-state index in [1.165, 1.54) is 24.3 Å². The van der Waals surface area contributed by atoms with Gasteiger partial charge in [-0.1, -0.05) is 0 Å². The molecular formula is C11H13NO7. The Bertz CT molecular complexity index is 463. The molecule has 1 fully saturated rings. The third-order valence-corrected chi connectivity index (χ3v) is 3.02. The first-order valence-electron chi connectivity index (χ1n) is 5.54. The quantitative estimate of drug-likeness (QED) is 0.403. The van der Waals surface area contributed by atoms with Gasteiger partial charge in [0.25, 0.3) is 5.69 Å². The average Bonchev–Trinajstić information content (AvgIpc) is 2.40. The molecule has 8 nitrogen and oxygen atoms in total. The summed E-state index contributed by atoms with van der Waals surface area (Å²) >= 11 is 0. The minimum atomic E-state index is -1.64. The zero-order valence-electron chi connectivity index (χ0n) is 9.66. The minimum Gasteiger partial charge on any atom is -0.387 e. The van der Waals surface area contributed by atoms with Crippen LogP contribution in [0.3, 0.4) is 0 Å². The number of nitro groups is 1. The maximum absolute atomic E-state index is 10.5. The van der Waals surface area contributed by atoms with Crippen LogP contribution >= 0.6 is 0 Å². The molecule has 1 heterocycles. The van der Waals surface area contributed by atoms with Crippen LogP contribution in [0, 0.1) is 10.1 Å². The molecular weight excluding hydrogens is 258 g/mol. The fourth-order valence-electron chi connectivity index (χ4n) is 1.92. The van der Waals surface area contributed by atoms with Gasteiger partial charge in [0.2, 0.25) is 0 Å². The van der Waals surface area contributed by atoms with E-state index in [1.54, 1.807) is 0 Å². The summed E-state index contributed by atoms with van der Waals surface area (Å²) in [6, 6.07) is 5.14. The molecule has 0 amide bonds. The van der Waals surface area contributed by atoms with Crippen LogP contribution < -0.4 is 0 Å². The second-order valence-corrected chi connectivity index (χ2v) is 4.27. The first-order chi connectivity index (χ1) is 8.91. The predicted octanol–water partition coefficient (Wildman–Crippen LogP) is -0.933. The fraction of sp³-hybridized carbons (Fsp3) is 0.455. The van der Waals surface area contributed by atoms with Crippen LogP contribution in [0.5, 0.6) is 0 Å². The summed E-state index contributed by atoms with van der Waals surface area (Å²) in [4.78, 5) is 9.94. The predicted molar refractivity (Wildman–Crippen MR) is 60.9 cm³/mol. The second kappa shape index (κ2) is 5.19. The molecule has 19 heavy (non-hydrogen) atoms. The van der Waals surface area contributed by atoms with E-state index in [2.05, 4.69) is 0 Å². The van der Waals surface area contributed by atoms with E-state index in [9.17, 15) is 30.5 Å². The van der Waals surface area contributed by atoms with E-state index >= 15 is 0 Å². The maximum Gasteiger partial charge on any atom is 0.269 e. The highest BCUT2D eigenvalue weighted by molar-refractivity contribution is 5.34. The summed E-state index contributed by atoms with van der Waals surface area (Å²) in [5, 5.41) is 48.5. The van der Waals surface area contributed by atoms with Crippen molar-refractivity contribution in [3.63, 3.8) is 0 Å². The fourth-order valence-corrected chi connectivity index (χ4v) is 1.92. The molecule has 0 saturated carbocycles. The highest BCUT2D eigenvalue weighted by Crippen LogP contribution is 2.32. The van der Waals surface area contributed by atoms with Crippen molar-refractivity contribution in [3.05, 3.63) is 39.9 Å². The molecule has 0 aliphatic carbocycles. The lowest BCUT2D eigenvalue weighted by Crippen LogP contribution is -2.54. The Morgan fingerprint density at radius 2 is 1.58 bits per heavy atom. The van der Waals surface area contributed by atoms with Crippen LogP contribution in [0.15, 0.2) is 24.3 Å². The number of nitro benzene ring substituents is 1. The molecule has 4 N–H and O–H groups in total. The molecule has 5 atom stereocenters. The second-order valence-electron chi connectivity index (χ2n) is 4.27. The SMILES string of the molecule is O=[N+]([O-])c1ccc([C@H]2OC(O)[C@H](O)[C@@H](O)[C@H]2O)cc1. The van der Waals surface area contributed by atoms with Crippen LogP contribution in [0.1, 0.15) is 11.7 Å². The Morgan fingerprint density at radius 1 is 1.00 bits per heavy atom. The average molecular weight is 271 g/mol. The molecule has 0 aromatic heterocycles. The van der Waals surface area contributed by atoms with Gasteiger partial charge >= 0.3 is 0 Å². The molecule has 0 radical (unpaired) electrons. The van der Waals surface area contributed by atoms with Crippen molar-refractivity contribution < 1.29 is 30.1 Å². The lowest BCUT2D eigenvalue weighted by molar-refractivity contribution is -0.384. The van der Waals surface area contributed by atoms with Gasteiger partial charge in [-0.15, -0.1) is 0 Å². The van der Waals surface area contributed by atoms with E-state index in [0.717, 1.165) is 0 Å². The molecule has 8 heteroatoms. The zero-order valence-corrected chi connectivity index (χ0v) is 9.66. The van der Waals surface area contributed by atoms with Gasteiger partial charge in [-0.2, -0.15) is 0 Å². The summed E-state index contributed by atoms with van der Waals surface area (Å²) in [6.07, 6.45) is -7.33. The maximum atomic E-state index is 10.5. The van der Waals surface area contributed by atoms with Crippen molar-refractivity contribution in [2.24, 2.45) is 0 Å². The third-order valence-electron chi connectivity index (χ3n) is 3.02. The van der Waals surface area contributed by atoms with Crippen molar-refractivity contribution in [2.75, 3.05) is 0 Å². The number of aliphatic hydroxyl groups is 4. The summed E-state index contributed by atoms with van der Waals surface area (Å²) in [5.74, 6) is 0. The Kier molecular flexibility index (Phi) is 3.78. The summed E-state index contributed by atoms with van der Waals surface area (Å²) in [7, 11) is 0. The van der Waals surface area contributed by atoms with Crippen molar-refractivity contribution in [3.8, 4) is 0 Å². The summed E-state index contributed by atoms with van der Waals surface area (Å²) in [6.45, 7) is 0. The number of rotatable bonds is 2. The normalized spacial score (nSPS) is 35.1. The molecule has 1 aromatic carbocycles.